The number of benzene rings is 2. The van der Waals surface area contributed by atoms with E-state index in [4.69, 9.17) is 25.8 Å². The lowest BCUT2D eigenvalue weighted by Crippen LogP contribution is -2.31. The van der Waals surface area contributed by atoms with Crippen LogP contribution in [0.4, 0.5) is 4.79 Å². The molecule has 0 fully saturated rings. The number of rotatable bonds is 8. The van der Waals surface area contributed by atoms with Crippen LogP contribution in [0.3, 0.4) is 0 Å². The second-order valence-corrected chi connectivity index (χ2v) is 5.87. The highest BCUT2D eigenvalue weighted by Gasteiger charge is 2.25. The van der Waals surface area contributed by atoms with E-state index in [-0.39, 0.29) is 6.79 Å². The van der Waals surface area contributed by atoms with Crippen LogP contribution in [0.15, 0.2) is 54.6 Å². The van der Waals surface area contributed by atoms with Crippen LogP contribution in [0, 0.1) is 0 Å². The number of nitrogens with one attached hydrogen (secondary N) is 1. The summed E-state index contributed by atoms with van der Waals surface area (Å²) in [5.41, 5.74) is 1.73. The fraction of sp³-hybridized carbons (Fsp3) is 0.316. The van der Waals surface area contributed by atoms with E-state index in [0.29, 0.717) is 11.6 Å². The lowest BCUT2D eigenvalue weighted by Gasteiger charge is -2.25. The van der Waals surface area contributed by atoms with Crippen LogP contribution in [0.25, 0.3) is 0 Å². The Morgan fingerprint density at radius 2 is 1.80 bits per heavy atom. The maximum atomic E-state index is 12.1. The van der Waals surface area contributed by atoms with Crippen LogP contribution in [-0.2, 0) is 20.8 Å². The lowest BCUT2D eigenvalue weighted by atomic mass is 10.1. The first-order chi connectivity index (χ1) is 12.1. The molecule has 0 spiro atoms. The van der Waals surface area contributed by atoms with Gasteiger partial charge < -0.3 is 19.5 Å². The summed E-state index contributed by atoms with van der Waals surface area (Å²) in [6.45, 7) is 2.21. The van der Waals surface area contributed by atoms with Gasteiger partial charge in [-0.3, -0.25) is 0 Å². The van der Waals surface area contributed by atoms with Gasteiger partial charge in [-0.25, -0.2) is 4.79 Å². The SMILES string of the molecule is COCOC(c1ccccc1Cl)C(C)OC(=O)NCc1ccccc1. The summed E-state index contributed by atoms with van der Waals surface area (Å²) in [6.07, 6.45) is -1.60. The number of ether oxygens (including phenoxy) is 3. The van der Waals surface area contributed by atoms with Gasteiger partial charge in [0.2, 0.25) is 0 Å². The second kappa shape index (κ2) is 10.0. The molecule has 6 heteroatoms. The predicted molar refractivity (Wildman–Crippen MR) is 96.4 cm³/mol. The van der Waals surface area contributed by atoms with E-state index in [0.717, 1.165) is 11.1 Å². The number of amides is 1. The van der Waals surface area contributed by atoms with E-state index in [1.807, 2.05) is 48.5 Å². The fourth-order valence-electron chi connectivity index (χ4n) is 2.37. The molecule has 5 nitrogen and oxygen atoms in total. The lowest BCUT2D eigenvalue weighted by molar-refractivity contribution is -0.112. The van der Waals surface area contributed by atoms with Crippen molar-refractivity contribution < 1.29 is 19.0 Å². The molecule has 0 radical (unpaired) electrons. The van der Waals surface area contributed by atoms with Crippen LogP contribution in [0.5, 0.6) is 0 Å². The van der Waals surface area contributed by atoms with Crippen LogP contribution in [-0.4, -0.2) is 26.1 Å². The Labute approximate surface area is 152 Å². The average Bonchev–Trinajstić information content (AvgIpc) is 2.62. The van der Waals surface area contributed by atoms with Gasteiger partial charge in [-0.05, 0) is 18.6 Å². The fourth-order valence-corrected chi connectivity index (χ4v) is 2.61. The molecule has 1 amide bonds. The van der Waals surface area contributed by atoms with Crippen LogP contribution in [0.2, 0.25) is 5.02 Å². The number of methoxy groups -OCH3 is 1. The molecule has 2 unspecified atom stereocenters. The summed E-state index contributed by atoms with van der Waals surface area (Å²) in [5.74, 6) is 0. The molecule has 0 aliphatic heterocycles. The number of hydrogen-bond donors (Lipinski definition) is 1. The topological polar surface area (TPSA) is 56.8 Å². The van der Waals surface area contributed by atoms with Gasteiger partial charge in [0.05, 0.1) is 0 Å². The highest BCUT2D eigenvalue weighted by molar-refractivity contribution is 6.31. The van der Waals surface area contributed by atoms with Crippen molar-refractivity contribution in [1.29, 1.82) is 0 Å². The molecule has 0 heterocycles. The molecule has 0 bridgehead atoms. The third-order valence-corrected chi connectivity index (χ3v) is 3.92. The molecule has 25 heavy (non-hydrogen) atoms. The predicted octanol–water partition coefficient (Wildman–Crippen LogP) is 4.32. The van der Waals surface area contributed by atoms with Gasteiger partial charge in [-0.2, -0.15) is 0 Å². The number of carbonyl (C=O) groups is 1. The molecule has 134 valence electrons. The van der Waals surface area contributed by atoms with Gasteiger partial charge in [0, 0.05) is 24.2 Å². The Kier molecular flexibility index (Phi) is 7.73. The zero-order valence-electron chi connectivity index (χ0n) is 14.3. The minimum absolute atomic E-state index is 0.0647. The van der Waals surface area contributed by atoms with Crippen LogP contribution >= 0.6 is 11.6 Å². The Balaban J connectivity index is 1.97. The number of carbonyl (C=O) groups excluding carboxylic acids is 1. The number of hydrogen-bond acceptors (Lipinski definition) is 4. The minimum Gasteiger partial charge on any atom is -0.443 e. The van der Waals surface area contributed by atoms with Gasteiger partial charge in [0.25, 0.3) is 0 Å². The number of alkyl carbamates (subject to hydrolysis) is 1. The van der Waals surface area contributed by atoms with Crippen molar-refractivity contribution >= 4 is 17.7 Å². The average molecular weight is 364 g/mol. The molecular formula is C19H22ClNO4. The molecule has 1 N–H and O–H groups in total. The summed E-state index contributed by atoms with van der Waals surface area (Å²) in [4.78, 5) is 12.1. The van der Waals surface area contributed by atoms with E-state index >= 15 is 0 Å². The van der Waals surface area contributed by atoms with Crippen LogP contribution in [0.1, 0.15) is 24.2 Å². The van der Waals surface area contributed by atoms with Crippen molar-refractivity contribution in [2.45, 2.75) is 25.7 Å². The molecule has 0 aromatic heterocycles. The molecule has 2 aromatic rings. The monoisotopic (exact) mass is 363 g/mol. The van der Waals surface area contributed by atoms with E-state index < -0.39 is 18.3 Å². The zero-order chi connectivity index (χ0) is 18.1. The van der Waals surface area contributed by atoms with E-state index in [9.17, 15) is 4.79 Å². The Hall–Kier alpha value is -2.08. The van der Waals surface area contributed by atoms with E-state index in [1.165, 1.54) is 7.11 Å². The van der Waals surface area contributed by atoms with Gasteiger partial charge in [0.15, 0.2) is 0 Å². The molecule has 2 rings (SSSR count). The summed E-state index contributed by atoms with van der Waals surface area (Å²) in [5, 5.41) is 3.27. The molecule has 0 aliphatic carbocycles. The maximum absolute atomic E-state index is 12.1. The first-order valence-corrected chi connectivity index (χ1v) is 8.33. The maximum Gasteiger partial charge on any atom is 0.407 e. The van der Waals surface area contributed by atoms with Crippen molar-refractivity contribution in [3.63, 3.8) is 0 Å². The Morgan fingerprint density at radius 3 is 2.48 bits per heavy atom. The Bertz CT molecular complexity index is 665. The third-order valence-electron chi connectivity index (χ3n) is 3.58. The van der Waals surface area contributed by atoms with Gasteiger partial charge in [0.1, 0.15) is 19.0 Å². The minimum atomic E-state index is -0.550. The van der Waals surface area contributed by atoms with Gasteiger partial charge in [-0.1, -0.05) is 60.1 Å². The van der Waals surface area contributed by atoms with Crippen molar-refractivity contribution in [1.82, 2.24) is 5.32 Å². The molecule has 2 aromatic carbocycles. The van der Waals surface area contributed by atoms with Gasteiger partial charge >= 0.3 is 6.09 Å². The molecule has 2 atom stereocenters. The summed E-state index contributed by atoms with van der Waals surface area (Å²) >= 11 is 6.24. The quantitative estimate of drug-likeness (QED) is 0.710. The van der Waals surface area contributed by atoms with Crippen molar-refractivity contribution in [2.75, 3.05) is 13.9 Å². The van der Waals surface area contributed by atoms with Gasteiger partial charge in [-0.15, -0.1) is 0 Å². The summed E-state index contributed by atoms with van der Waals surface area (Å²) in [7, 11) is 1.53. The van der Waals surface area contributed by atoms with E-state index in [1.54, 1.807) is 13.0 Å². The summed E-state index contributed by atoms with van der Waals surface area (Å²) < 4.78 is 16.1. The third kappa shape index (κ3) is 6.05. The second-order valence-electron chi connectivity index (χ2n) is 5.46. The van der Waals surface area contributed by atoms with Crippen molar-refractivity contribution in [3.8, 4) is 0 Å². The first kappa shape index (κ1) is 19.2. The highest BCUT2D eigenvalue weighted by atomic mass is 35.5. The normalized spacial score (nSPS) is 13.1. The molecular weight excluding hydrogens is 342 g/mol. The van der Waals surface area contributed by atoms with E-state index in [2.05, 4.69) is 5.32 Å². The van der Waals surface area contributed by atoms with Crippen molar-refractivity contribution in [2.24, 2.45) is 0 Å². The Morgan fingerprint density at radius 1 is 1.12 bits per heavy atom. The summed E-state index contributed by atoms with van der Waals surface area (Å²) in [6, 6.07) is 16.9. The van der Waals surface area contributed by atoms with Crippen LogP contribution < -0.4 is 5.32 Å². The highest BCUT2D eigenvalue weighted by Crippen LogP contribution is 2.29. The number of halogens is 1. The first-order valence-electron chi connectivity index (χ1n) is 7.95. The standard InChI is InChI=1S/C19H22ClNO4/c1-14(25-19(22)21-12-15-8-4-3-5-9-15)18(24-13-23-2)16-10-6-7-11-17(16)20/h3-11,14,18H,12-13H2,1-2H3,(H,21,22). The zero-order valence-corrected chi connectivity index (χ0v) is 15.0. The largest absolute Gasteiger partial charge is 0.443 e. The molecule has 0 aliphatic rings. The molecule has 0 saturated carbocycles. The smallest absolute Gasteiger partial charge is 0.407 e. The molecule has 0 saturated heterocycles. The van der Waals surface area contributed by atoms with Crippen molar-refractivity contribution in [3.05, 3.63) is 70.7 Å².